The minimum Gasteiger partial charge on any atom is -0.508 e. The number of rotatable bonds is 5. The number of benzene rings is 2. The van der Waals surface area contributed by atoms with Crippen LogP contribution < -0.4 is 5.32 Å². The first kappa shape index (κ1) is 14.5. The third-order valence-corrected chi connectivity index (χ3v) is 2.97. The minimum atomic E-state index is -0.497. The molecule has 0 aromatic heterocycles. The van der Waals surface area contributed by atoms with E-state index in [1.54, 1.807) is 30.3 Å². The van der Waals surface area contributed by atoms with Crippen molar-refractivity contribution in [2.45, 2.75) is 13.0 Å². The molecule has 1 amide bonds. The first-order chi connectivity index (χ1) is 10.1. The van der Waals surface area contributed by atoms with Gasteiger partial charge in [-0.2, -0.15) is 0 Å². The number of nitrogens with zero attached hydrogens (tertiary/aromatic N) is 1. The lowest BCUT2D eigenvalue weighted by molar-refractivity contribution is -0.385. The molecule has 2 N–H and O–H groups in total. The maximum Gasteiger partial charge on any atom is 0.273 e. The van der Waals surface area contributed by atoms with E-state index in [4.69, 9.17) is 5.11 Å². The van der Waals surface area contributed by atoms with Crippen LogP contribution in [0.3, 0.4) is 0 Å². The topological polar surface area (TPSA) is 92.5 Å². The predicted molar refractivity (Wildman–Crippen MR) is 76.8 cm³/mol. The smallest absolute Gasteiger partial charge is 0.273 e. The summed E-state index contributed by atoms with van der Waals surface area (Å²) in [5.74, 6) is -0.137. The van der Waals surface area contributed by atoms with E-state index in [0.29, 0.717) is 12.1 Å². The van der Waals surface area contributed by atoms with Crippen molar-refractivity contribution in [1.29, 1.82) is 0 Å². The zero-order chi connectivity index (χ0) is 15.2. The number of hydrogen-bond donors (Lipinski definition) is 2. The molecule has 0 heterocycles. The van der Waals surface area contributed by atoms with Gasteiger partial charge in [0, 0.05) is 18.2 Å². The highest BCUT2D eigenvalue weighted by Crippen LogP contribution is 2.18. The molecule has 2 aromatic carbocycles. The number of phenolic OH excluding ortho intramolecular Hbond substituents is 1. The van der Waals surface area contributed by atoms with Crippen LogP contribution in [-0.4, -0.2) is 15.9 Å². The summed E-state index contributed by atoms with van der Waals surface area (Å²) in [6.45, 7) is 0.305. The lowest BCUT2D eigenvalue weighted by Gasteiger charge is -2.06. The minimum absolute atomic E-state index is 0.0464. The van der Waals surface area contributed by atoms with E-state index in [1.165, 1.54) is 18.2 Å². The zero-order valence-electron chi connectivity index (χ0n) is 11.2. The van der Waals surface area contributed by atoms with Crippen LogP contribution in [0.1, 0.15) is 11.1 Å². The summed E-state index contributed by atoms with van der Waals surface area (Å²) in [6.07, 6.45) is -0.0464. The van der Waals surface area contributed by atoms with E-state index in [0.717, 1.165) is 5.56 Å². The molecule has 2 aromatic rings. The molecule has 0 aliphatic heterocycles. The van der Waals surface area contributed by atoms with Gasteiger partial charge in [0.05, 0.1) is 11.3 Å². The Morgan fingerprint density at radius 3 is 2.48 bits per heavy atom. The fourth-order valence-electron chi connectivity index (χ4n) is 1.89. The Bertz CT molecular complexity index is 653. The normalized spacial score (nSPS) is 10.1. The maximum absolute atomic E-state index is 11.8. The Morgan fingerprint density at radius 2 is 1.81 bits per heavy atom. The average Bonchev–Trinajstić information content (AvgIpc) is 2.47. The van der Waals surface area contributed by atoms with Gasteiger partial charge in [0.25, 0.3) is 5.69 Å². The lowest BCUT2D eigenvalue weighted by Crippen LogP contribution is -2.24. The molecule has 0 saturated carbocycles. The van der Waals surface area contributed by atoms with Crippen LogP contribution in [0, 0.1) is 10.1 Å². The van der Waals surface area contributed by atoms with Crippen molar-refractivity contribution in [2.24, 2.45) is 0 Å². The maximum atomic E-state index is 11.8. The summed E-state index contributed by atoms with van der Waals surface area (Å²) in [5.41, 5.74) is 1.16. The number of nitro groups is 1. The summed E-state index contributed by atoms with van der Waals surface area (Å²) in [7, 11) is 0. The number of nitrogens with one attached hydrogen (secondary N) is 1. The second-order valence-electron chi connectivity index (χ2n) is 4.51. The Balaban J connectivity index is 1.96. The number of aromatic hydroxyl groups is 1. The van der Waals surface area contributed by atoms with Crippen molar-refractivity contribution in [3.63, 3.8) is 0 Å². The summed E-state index contributed by atoms with van der Waals surface area (Å²) < 4.78 is 0. The number of nitro benzene ring substituents is 1. The Morgan fingerprint density at radius 1 is 1.14 bits per heavy atom. The number of amides is 1. The van der Waals surface area contributed by atoms with Crippen LogP contribution in [-0.2, 0) is 17.8 Å². The van der Waals surface area contributed by atoms with Crippen LogP contribution in [0.25, 0.3) is 0 Å². The molecule has 0 atom stereocenters. The fourth-order valence-corrected chi connectivity index (χ4v) is 1.89. The Hall–Kier alpha value is -2.89. The third-order valence-electron chi connectivity index (χ3n) is 2.97. The number of para-hydroxylation sites is 1. The van der Waals surface area contributed by atoms with Gasteiger partial charge in [0.2, 0.25) is 5.91 Å². The summed E-state index contributed by atoms with van der Waals surface area (Å²) in [4.78, 5) is 22.2. The van der Waals surface area contributed by atoms with Gasteiger partial charge in [0.1, 0.15) is 5.75 Å². The van der Waals surface area contributed by atoms with Gasteiger partial charge in [-0.3, -0.25) is 14.9 Å². The molecule has 0 aliphatic rings. The van der Waals surface area contributed by atoms with Gasteiger partial charge in [-0.05, 0) is 17.7 Å². The van der Waals surface area contributed by atoms with Gasteiger partial charge >= 0.3 is 0 Å². The molecule has 0 radical (unpaired) electrons. The standard InChI is InChI=1S/C15H14N2O4/c18-13-7-5-11(6-8-13)10-16-15(19)9-12-3-1-2-4-14(12)17(20)21/h1-8,18H,9-10H2,(H,16,19). The van der Waals surface area contributed by atoms with Gasteiger partial charge in [-0.25, -0.2) is 0 Å². The first-order valence-corrected chi connectivity index (χ1v) is 6.33. The first-order valence-electron chi connectivity index (χ1n) is 6.33. The third kappa shape index (κ3) is 4.04. The summed E-state index contributed by atoms with van der Waals surface area (Å²) >= 11 is 0. The van der Waals surface area contributed by atoms with Gasteiger partial charge in [-0.15, -0.1) is 0 Å². The van der Waals surface area contributed by atoms with Gasteiger partial charge < -0.3 is 10.4 Å². The lowest BCUT2D eigenvalue weighted by atomic mass is 10.1. The van der Waals surface area contributed by atoms with Crippen LogP contribution in [0.5, 0.6) is 5.75 Å². The Labute approximate surface area is 121 Å². The van der Waals surface area contributed by atoms with Crippen molar-refractivity contribution >= 4 is 11.6 Å². The molecule has 108 valence electrons. The molecular weight excluding hydrogens is 272 g/mol. The molecule has 2 rings (SSSR count). The highest BCUT2D eigenvalue weighted by Gasteiger charge is 2.15. The van der Waals surface area contributed by atoms with Gasteiger partial charge in [0.15, 0.2) is 0 Å². The second kappa shape index (κ2) is 6.51. The monoisotopic (exact) mass is 286 g/mol. The van der Waals surface area contributed by atoms with Crippen LogP contribution in [0.4, 0.5) is 5.69 Å². The zero-order valence-corrected chi connectivity index (χ0v) is 11.2. The predicted octanol–water partition coefficient (Wildman–Crippen LogP) is 2.16. The van der Waals surface area contributed by atoms with Crippen molar-refractivity contribution in [2.75, 3.05) is 0 Å². The van der Waals surface area contributed by atoms with E-state index in [1.807, 2.05) is 0 Å². The van der Waals surface area contributed by atoms with E-state index < -0.39 is 4.92 Å². The molecule has 21 heavy (non-hydrogen) atoms. The molecule has 0 saturated heterocycles. The average molecular weight is 286 g/mol. The fraction of sp³-hybridized carbons (Fsp3) is 0.133. The molecule has 0 spiro atoms. The molecule has 0 aliphatic carbocycles. The van der Waals surface area contributed by atoms with Crippen LogP contribution in [0.2, 0.25) is 0 Å². The van der Waals surface area contributed by atoms with E-state index in [2.05, 4.69) is 5.32 Å². The number of carbonyl (C=O) groups is 1. The van der Waals surface area contributed by atoms with Crippen LogP contribution >= 0.6 is 0 Å². The SMILES string of the molecule is O=C(Cc1ccccc1[N+](=O)[O-])NCc1ccc(O)cc1. The summed E-state index contributed by atoms with van der Waals surface area (Å²) in [6, 6.07) is 12.6. The molecule has 6 nitrogen and oxygen atoms in total. The molecule has 0 fully saturated rings. The molecule has 6 heteroatoms. The highest BCUT2D eigenvalue weighted by molar-refractivity contribution is 5.79. The largest absolute Gasteiger partial charge is 0.508 e. The van der Waals surface area contributed by atoms with Crippen molar-refractivity contribution in [3.05, 3.63) is 69.8 Å². The molecule has 0 bridgehead atoms. The number of phenols is 1. The second-order valence-corrected chi connectivity index (χ2v) is 4.51. The Kier molecular flexibility index (Phi) is 4.50. The van der Waals surface area contributed by atoms with Gasteiger partial charge in [-0.1, -0.05) is 30.3 Å². The quantitative estimate of drug-likeness (QED) is 0.650. The number of hydrogen-bond acceptors (Lipinski definition) is 4. The van der Waals surface area contributed by atoms with E-state index in [-0.39, 0.29) is 23.8 Å². The van der Waals surface area contributed by atoms with Crippen molar-refractivity contribution in [1.82, 2.24) is 5.32 Å². The molecular formula is C15H14N2O4. The number of carbonyl (C=O) groups excluding carboxylic acids is 1. The summed E-state index contributed by atoms with van der Waals surface area (Å²) in [5, 5.41) is 22.7. The van der Waals surface area contributed by atoms with Crippen molar-refractivity contribution < 1.29 is 14.8 Å². The van der Waals surface area contributed by atoms with E-state index in [9.17, 15) is 14.9 Å². The highest BCUT2D eigenvalue weighted by atomic mass is 16.6. The van der Waals surface area contributed by atoms with E-state index >= 15 is 0 Å². The molecule has 0 unspecified atom stereocenters. The van der Waals surface area contributed by atoms with Crippen LogP contribution in [0.15, 0.2) is 48.5 Å². The van der Waals surface area contributed by atoms with Crippen molar-refractivity contribution in [3.8, 4) is 5.75 Å².